The summed E-state index contributed by atoms with van der Waals surface area (Å²) in [5.74, 6) is -0.217. The van der Waals surface area contributed by atoms with Crippen LogP contribution in [0, 0.1) is 0 Å². The van der Waals surface area contributed by atoms with Gasteiger partial charge in [0.25, 0.3) is 5.91 Å². The van der Waals surface area contributed by atoms with E-state index < -0.39 is 28.0 Å². The van der Waals surface area contributed by atoms with Crippen molar-refractivity contribution in [2.75, 3.05) is 0 Å². The van der Waals surface area contributed by atoms with Crippen molar-refractivity contribution in [1.29, 1.82) is 0 Å². The van der Waals surface area contributed by atoms with E-state index in [9.17, 15) is 22.8 Å². The number of carbonyl (C=O) groups excluding carboxylic acids is 3. The third-order valence-electron chi connectivity index (χ3n) is 4.40. The third kappa shape index (κ3) is 5.21. The van der Waals surface area contributed by atoms with Crippen LogP contribution < -0.4 is 15.8 Å². The van der Waals surface area contributed by atoms with Gasteiger partial charge in [-0.3, -0.25) is 14.5 Å². The van der Waals surface area contributed by atoms with Gasteiger partial charge in [-0.1, -0.05) is 12.1 Å². The highest BCUT2D eigenvalue weighted by atomic mass is 32.2. The van der Waals surface area contributed by atoms with E-state index in [-0.39, 0.29) is 36.7 Å². The summed E-state index contributed by atoms with van der Waals surface area (Å²) < 4.78 is 27.6. The molecule has 29 heavy (non-hydrogen) atoms. The Kier molecular flexibility index (Phi) is 5.99. The van der Waals surface area contributed by atoms with Crippen LogP contribution in [-0.4, -0.2) is 37.2 Å². The number of amides is 4. The van der Waals surface area contributed by atoms with Crippen LogP contribution in [0.2, 0.25) is 0 Å². The first-order valence-electron chi connectivity index (χ1n) is 8.77. The minimum absolute atomic E-state index is 0.0119. The molecule has 4 N–H and O–H groups in total. The van der Waals surface area contributed by atoms with Gasteiger partial charge in [-0.05, 0) is 36.2 Å². The second-order valence-electron chi connectivity index (χ2n) is 6.51. The molecule has 1 saturated heterocycles. The Balaban J connectivity index is 1.45. The molecule has 1 atom stereocenters. The summed E-state index contributed by atoms with van der Waals surface area (Å²) >= 11 is 0. The fraction of sp³-hybridized carbons (Fsp3) is 0.278. The lowest BCUT2D eigenvalue weighted by Crippen LogP contribution is -2.32. The van der Waals surface area contributed by atoms with E-state index >= 15 is 0 Å². The minimum atomic E-state index is -3.76. The second kappa shape index (κ2) is 8.45. The lowest BCUT2D eigenvalue weighted by molar-refractivity contribution is -0.128. The van der Waals surface area contributed by atoms with Crippen LogP contribution in [0.4, 0.5) is 4.79 Å². The van der Waals surface area contributed by atoms with Crippen molar-refractivity contribution in [2.24, 2.45) is 5.14 Å². The number of rotatable bonds is 8. The van der Waals surface area contributed by atoms with Crippen LogP contribution in [0.3, 0.4) is 0 Å². The summed E-state index contributed by atoms with van der Waals surface area (Å²) in [4.78, 5) is 37.4. The molecule has 3 rings (SSSR count). The molecule has 1 aliphatic heterocycles. The number of carbonyl (C=O) groups is 3. The average molecular weight is 420 g/mol. The maximum atomic E-state index is 12.4. The Morgan fingerprint density at radius 2 is 1.93 bits per heavy atom. The van der Waals surface area contributed by atoms with Crippen molar-refractivity contribution >= 4 is 27.9 Å². The molecule has 0 radical (unpaired) electrons. The molecule has 0 aliphatic carbocycles. The Morgan fingerprint density at radius 1 is 1.21 bits per heavy atom. The van der Waals surface area contributed by atoms with Crippen LogP contribution in [0.25, 0.3) is 0 Å². The van der Waals surface area contributed by atoms with Crippen molar-refractivity contribution in [3.05, 3.63) is 54.0 Å². The lowest BCUT2D eigenvalue weighted by Gasteiger charge is -2.11. The first-order valence-corrected chi connectivity index (χ1v) is 10.3. The topological polar surface area (TPSA) is 152 Å². The zero-order chi connectivity index (χ0) is 21.0. The third-order valence-corrected chi connectivity index (χ3v) is 5.33. The van der Waals surface area contributed by atoms with Crippen molar-refractivity contribution in [1.82, 2.24) is 15.5 Å². The number of imide groups is 1. The van der Waals surface area contributed by atoms with Crippen molar-refractivity contribution < 1.29 is 27.2 Å². The van der Waals surface area contributed by atoms with Gasteiger partial charge < -0.3 is 15.1 Å². The molecule has 1 fully saturated rings. The molecule has 4 amide bonds. The molecule has 154 valence electrons. The number of nitrogens with one attached hydrogen (secondary N) is 2. The monoisotopic (exact) mass is 420 g/mol. The van der Waals surface area contributed by atoms with Gasteiger partial charge in [0, 0.05) is 13.0 Å². The van der Waals surface area contributed by atoms with Gasteiger partial charge >= 0.3 is 6.03 Å². The first-order chi connectivity index (χ1) is 13.7. The number of furan rings is 1. The molecule has 2 heterocycles. The zero-order valence-corrected chi connectivity index (χ0v) is 16.1. The lowest BCUT2D eigenvalue weighted by atomic mass is 10.1. The highest BCUT2D eigenvalue weighted by Crippen LogP contribution is 2.15. The molecule has 10 nitrogen and oxygen atoms in total. The number of benzene rings is 1. The summed E-state index contributed by atoms with van der Waals surface area (Å²) in [5.41, 5.74) is 0.695. The van der Waals surface area contributed by atoms with Gasteiger partial charge in [0.05, 0.1) is 17.7 Å². The Morgan fingerprint density at radius 3 is 2.55 bits per heavy atom. The van der Waals surface area contributed by atoms with E-state index in [1.165, 1.54) is 18.4 Å². The molecule has 2 aromatic rings. The predicted molar refractivity (Wildman–Crippen MR) is 100 cm³/mol. The van der Waals surface area contributed by atoms with E-state index in [2.05, 4.69) is 10.6 Å². The number of nitrogens with zero attached hydrogens (tertiary/aromatic N) is 1. The molecule has 0 bridgehead atoms. The average Bonchev–Trinajstić information content (AvgIpc) is 3.28. The van der Waals surface area contributed by atoms with Crippen LogP contribution in [0.15, 0.2) is 52.0 Å². The summed E-state index contributed by atoms with van der Waals surface area (Å²) in [6.45, 7) is 0.230. The maximum Gasteiger partial charge on any atom is 0.325 e. The number of nitrogens with two attached hydrogens (primary N) is 1. The highest BCUT2D eigenvalue weighted by molar-refractivity contribution is 7.89. The van der Waals surface area contributed by atoms with Gasteiger partial charge in [0.1, 0.15) is 11.8 Å². The zero-order valence-electron chi connectivity index (χ0n) is 15.3. The van der Waals surface area contributed by atoms with Crippen LogP contribution >= 0.6 is 0 Å². The van der Waals surface area contributed by atoms with E-state index in [1.54, 1.807) is 24.3 Å². The van der Waals surface area contributed by atoms with Gasteiger partial charge in [-0.2, -0.15) is 0 Å². The van der Waals surface area contributed by atoms with Crippen LogP contribution in [0.5, 0.6) is 0 Å². The molecule has 1 aliphatic rings. The summed E-state index contributed by atoms with van der Waals surface area (Å²) in [6.07, 6.45) is 1.66. The van der Waals surface area contributed by atoms with Gasteiger partial charge in [-0.15, -0.1) is 0 Å². The Labute approximate surface area is 167 Å². The second-order valence-corrected chi connectivity index (χ2v) is 8.07. The number of hydrogen-bond acceptors (Lipinski definition) is 6. The highest BCUT2D eigenvalue weighted by Gasteiger charge is 2.38. The SMILES string of the molecule is NS(=O)(=O)c1ccc(CNC(=O)CCC2NC(=O)N(Cc3ccco3)C2=O)cc1. The van der Waals surface area contributed by atoms with Crippen LogP contribution in [0.1, 0.15) is 24.2 Å². The largest absolute Gasteiger partial charge is 0.467 e. The Hall–Kier alpha value is -3.18. The van der Waals surface area contributed by atoms with Crippen molar-refractivity contribution in [2.45, 2.75) is 36.9 Å². The number of sulfonamides is 1. The number of urea groups is 1. The summed E-state index contributed by atoms with van der Waals surface area (Å²) in [6, 6.07) is 7.85. The van der Waals surface area contributed by atoms with Crippen LogP contribution in [-0.2, 0) is 32.7 Å². The molecule has 11 heteroatoms. The van der Waals surface area contributed by atoms with E-state index in [4.69, 9.17) is 9.56 Å². The molecule has 1 unspecified atom stereocenters. The molecule has 1 aromatic carbocycles. The molecule has 1 aromatic heterocycles. The molecular formula is C18H20N4O6S. The van der Waals surface area contributed by atoms with Gasteiger partial charge in [0.2, 0.25) is 15.9 Å². The summed E-state index contributed by atoms with van der Waals surface area (Å²) in [5, 5.41) is 10.3. The first kappa shape index (κ1) is 20.6. The minimum Gasteiger partial charge on any atom is -0.467 e. The Bertz CT molecular complexity index is 1000. The molecular weight excluding hydrogens is 400 g/mol. The van der Waals surface area contributed by atoms with E-state index in [1.807, 2.05) is 0 Å². The van der Waals surface area contributed by atoms with E-state index in [0.29, 0.717) is 11.3 Å². The predicted octanol–water partition coefficient (Wildman–Crippen LogP) is 0.444. The summed E-state index contributed by atoms with van der Waals surface area (Å²) in [7, 11) is -3.76. The van der Waals surface area contributed by atoms with E-state index in [0.717, 1.165) is 4.90 Å². The number of hydrogen-bond donors (Lipinski definition) is 3. The quantitative estimate of drug-likeness (QED) is 0.527. The molecule has 0 saturated carbocycles. The van der Waals surface area contributed by atoms with Crippen molar-refractivity contribution in [3.63, 3.8) is 0 Å². The smallest absolute Gasteiger partial charge is 0.325 e. The fourth-order valence-electron chi connectivity index (χ4n) is 2.84. The fourth-order valence-corrected chi connectivity index (χ4v) is 3.36. The standard InChI is InChI=1S/C18H20N4O6S/c19-29(26,27)14-5-3-12(4-6-14)10-20-16(23)8-7-15-17(24)22(18(25)21-15)11-13-2-1-9-28-13/h1-6,9,15H,7-8,10-11H2,(H,20,23)(H,21,25)(H2,19,26,27). The maximum absolute atomic E-state index is 12.4. The van der Waals surface area contributed by atoms with Gasteiger partial charge in [-0.25, -0.2) is 18.4 Å². The molecule has 0 spiro atoms. The number of primary sulfonamides is 1. The van der Waals surface area contributed by atoms with Crippen molar-refractivity contribution in [3.8, 4) is 0 Å². The van der Waals surface area contributed by atoms with Gasteiger partial charge in [0.15, 0.2) is 0 Å². The normalized spacial score (nSPS) is 16.7.